The van der Waals surface area contributed by atoms with Crippen LogP contribution in [0, 0.1) is 0 Å². The Kier molecular flexibility index (Phi) is 5.60. The number of sulfone groups is 1. The topological polar surface area (TPSA) is 85.4 Å². The Balaban J connectivity index is 1.52. The molecule has 27 heavy (non-hydrogen) atoms. The number of aromatic nitrogens is 1. The zero-order valence-electron chi connectivity index (χ0n) is 15.1. The third-order valence-corrected chi connectivity index (χ3v) is 6.27. The van der Waals surface area contributed by atoms with Crippen LogP contribution in [0.2, 0.25) is 0 Å². The van der Waals surface area contributed by atoms with Crippen LogP contribution in [0.25, 0.3) is 6.08 Å². The molecule has 0 bridgehead atoms. The van der Waals surface area contributed by atoms with Crippen molar-refractivity contribution < 1.29 is 17.9 Å². The first kappa shape index (κ1) is 19.1. The summed E-state index contributed by atoms with van der Waals surface area (Å²) in [5.74, 6) is 0.534. The van der Waals surface area contributed by atoms with E-state index in [1.807, 2.05) is 36.4 Å². The summed E-state index contributed by atoms with van der Waals surface area (Å²) in [4.78, 5) is 16.1. The molecule has 0 spiro atoms. The number of benzene rings is 1. The van der Waals surface area contributed by atoms with Crippen molar-refractivity contribution in [3.8, 4) is 5.75 Å². The number of pyridine rings is 1. The number of nitrogens with zero attached hydrogens (tertiary/aromatic N) is 1. The van der Waals surface area contributed by atoms with Gasteiger partial charge in [0.2, 0.25) is 5.91 Å². The molecule has 1 aromatic heterocycles. The molecule has 0 aliphatic carbocycles. The molecule has 1 aromatic carbocycles. The molecule has 1 unspecified atom stereocenters. The summed E-state index contributed by atoms with van der Waals surface area (Å²) in [5.41, 5.74) is 1.15. The van der Waals surface area contributed by atoms with Gasteiger partial charge in [-0.2, -0.15) is 0 Å². The van der Waals surface area contributed by atoms with Crippen molar-refractivity contribution in [3.63, 3.8) is 0 Å². The quantitative estimate of drug-likeness (QED) is 0.771. The summed E-state index contributed by atoms with van der Waals surface area (Å²) in [6, 6.07) is 11.2. The lowest BCUT2D eigenvalue weighted by Crippen LogP contribution is -2.46. The van der Waals surface area contributed by atoms with Crippen LogP contribution in [-0.2, 0) is 21.2 Å². The van der Waals surface area contributed by atoms with Crippen molar-refractivity contribution in [2.75, 3.05) is 11.5 Å². The highest BCUT2D eigenvalue weighted by Crippen LogP contribution is 2.22. The van der Waals surface area contributed by atoms with E-state index < -0.39 is 15.4 Å². The maximum absolute atomic E-state index is 12.1. The average Bonchev–Trinajstić information content (AvgIpc) is 2.92. The van der Waals surface area contributed by atoms with Gasteiger partial charge in [-0.1, -0.05) is 18.2 Å². The predicted molar refractivity (Wildman–Crippen MR) is 104 cm³/mol. The van der Waals surface area contributed by atoms with E-state index in [-0.39, 0.29) is 17.4 Å². The Labute approximate surface area is 159 Å². The Morgan fingerprint density at radius 1 is 1.30 bits per heavy atom. The second-order valence-electron chi connectivity index (χ2n) is 6.94. The Bertz CT molecular complexity index is 924. The van der Waals surface area contributed by atoms with Crippen LogP contribution in [-0.4, -0.2) is 36.4 Å². The van der Waals surface area contributed by atoms with E-state index in [9.17, 15) is 13.2 Å². The van der Waals surface area contributed by atoms with Gasteiger partial charge in [0.1, 0.15) is 12.4 Å². The number of rotatable bonds is 6. The van der Waals surface area contributed by atoms with Crippen molar-refractivity contribution in [2.24, 2.45) is 0 Å². The summed E-state index contributed by atoms with van der Waals surface area (Å²) in [7, 11) is -3.05. The number of hydrogen-bond acceptors (Lipinski definition) is 5. The van der Waals surface area contributed by atoms with Gasteiger partial charge in [0.25, 0.3) is 0 Å². The number of nitrogens with one attached hydrogen (secondary N) is 1. The summed E-state index contributed by atoms with van der Waals surface area (Å²) < 4.78 is 28.9. The Morgan fingerprint density at radius 2 is 2.07 bits per heavy atom. The van der Waals surface area contributed by atoms with E-state index >= 15 is 0 Å². The first-order valence-electron chi connectivity index (χ1n) is 8.66. The summed E-state index contributed by atoms with van der Waals surface area (Å²) in [5, 5.41) is 2.80. The molecule has 1 amide bonds. The van der Waals surface area contributed by atoms with Gasteiger partial charge < -0.3 is 10.1 Å². The molecule has 1 atom stereocenters. The van der Waals surface area contributed by atoms with Crippen molar-refractivity contribution in [3.05, 3.63) is 66.0 Å². The fourth-order valence-corrected chi connectivity index (χ4v) is 5.04. The number of ether oxygens (including phenoxy) is 1. The molecule has 1 N–H and O–H groups in total. The minimum atomic E-state index is -3.05. The second-order valence-corrected chi connectivity index (χ2v) is 9.13. The first-order valence-corrected chi connectivity index (χ1v) is 10.5. The molecular formula is C20H22N2O4S. The van der Waals surface area contributed by atoms with Crippen LogP contribution >= 0.6 is 0 Å². The maximum Gasteiger partial charge on any atom is 0.244 e. The largest absolute Gasteiger partial charge is 0.489 e. The standard InChI is InChI=1S/C20H22N2O4S/c1-20(10-12-27(24,25)15-20)22-19(23)9-6-16-4-7-18(8-5-16)26-14-17-3-2-11-21-13-17/h2-9,11,13H,10,12,14-15H2,1H3,(H,22,23)/b9-6+. The van der Waals surface area contributed by atoms with E-state index in [1.165, 1.54) is 6.08 Å². The zero-order chi connectivity index (χ0) is 19.3. The van der Waals surface area contributed by atoms with Gasteiger partial charge in [-0.15, -0.1) is 0 Å². The SMILES string of the molecule is CC1(NC(=O)/C=C/c2ccc(OCc3cccnc3)cc2)CCS(=O)(=O)C1. The molecule has 0 saturated carbocycles. The minimum absolute atomic E-state index is 0.0114. The number of hydrogen-bond donors (Lipinski definition) is 1. The van der Waals surface area contributed by atoms with Crippen LogP contribution in [0.15, 0.2) is 54.9 Å². The highest BCUT2D eigenvalue weighted by Gasteiger charge is 2.39. The highest BCUT2D eigenvalue weighted by atomic mass is 32.2. The van der Waals surface area contributed by atoms with Gasteiger partial charge in [-0.05, 0) is 43.2 Å². The van der Waals surface area contributed by atoms with E-state index in [0.29, 0.717) is 13.0 Å². The molecule has 1 aliphatic rings. The molecule has 2 heterocycles. The second kappa shape index (κ2) is 7.92. The molecule has 0 radical (unpaired) electrons. The first-order chi connectivity index (χ1) is 12.8. The monoisotopic (exact) mass is 386 g/mol. The van der Waals surface area contributed by atoms with Gasteiger partial charge >= 0.3 is 0 Å². The molecule has 6 nitrogen and oxygen atoms in total. The van der Waals surface area contributed by atoms with Gasteiger partial charge in [0, 0.05) is 24.0 Å². The highest BCUT2D eigenvalue weighted by molar-refractivity contribution is 7.91. The third kappa shape index (κ3) is 5.65. The maximum atomic E-state index is 12.1. The van der Waals surface area contributed by atoms with Crippen molar-refractivity contribution in [2.45, 2.75) is 25.5 Å². The lowest BCUT2D eigenvalue weighted by atomic mass is 10.0. The molecule has 1 fully saturated rings. The summed E-state index contributed by atoms with van der Waals surface area (Å²) in [6.07, 6.45) is 7.02. The van der Waals surface area contributed by atoms with Crippen LogP contribution in [0.5, 0.6) is 5.75 Å². The molecule has 2 aromatic rings. The lowest BCUT2D eigenvalue weighted by Gasteiger charge is -2.22. The Morgan fingerprint density at radius 3 is 2.70 bits per heavy atom. The van der Waals surface area contributed by atoms with Crippen LogP contribution < -0.4 is 10.1 Å². The van der Waals surface area contributed by atoms with E-state index in [2.05, 4.69) is 10.3 Å². The number of amides is 1. The summed E-state index contributed by atoms with van der Waals surface area (Å²) in [6.45, 7) is 2.20. The fraction of sp³-hybridized carbons (Fsp3) is 0.300. The minimum Gasteiger partial charge on any atom is -0.489 e. The fourth-order valence-electron chi connectivity index (χ4n) is 2.95. The van der Waals surface area contributed by atoms with Crippen molar-refractivity contribution in [1.29, 1.82) is 0 Å². The molecule has 142 valence electrons. The Hall–Kier alpha value is -2.67. The lowest BCUT2D eigenvalue weighted by molar-refractivity contribution is -0.117. The van der Waals surface area contributed by atoms with Gasteiger partial charge in [-0.25, -0.2) is 8.42 Å². The van der Waals surface area contributed by atoms with E-state index in [0.717, 1.165) is 16.9 Å². The molecule has 1 saturated heterocycles. The van der Waals surface area contributed by atoms with Crippen molar-refractivity contribution >= 4 is 21.8 Å². The van der Waals surface area contributed by atoms with Gasteiger partial charge in [-0.3, -0.25) is 9.78 Å². The van der Waals surface area contributed by atoms with Crippen LogP contribution in [0.3, 0.4) is 0 Å². The van der Waals surface area contributed by atoms with Crippen LogP contribution in [0.4, 0.5) is 0 Å². The van der Waals surface area contributed by atoms with Crippen molar-refractivity contribution in [1.82, 2.24) is 10.3 Å². The number of carbonyl (C=O) groups excluding carboxylic acids is 1. The normalized spacial score (nSPS) is 21.2. The van der Waals surface area contributed by atoms with E-state index in [1.54, 1.807) is 25.4 Å². The molecule has 1 aliphatic heterocycles. The zero-order valence-corrected chi connectivity index (χ0v) is 15.9. The van der Waals surface area contributed by atoms with E-state index in [4.69, 9.17) is 4.74 Å². The predicted octanol–water partition coefficient (Wildman–Crippen LogP) is 2.37. The molecule has 3 rings (SSSR count). The third-order valence-electron chi connectivity index (χ3n) is 4.36. The van der Waals surface area contributed by atoms with Gasteiger partial charge in [0.05, 0.1) is 17.0 Å². The smallest absolute Gasteiger partial charge is 0.244 e. The molecule has 7 heteroatoms. The number of carbonyl (C=O) groups is 1. The van der Waals surface area contributed by atoms with Gasteiger partial charge in [0.15, 0.2) is 9.84 Å². The molecular weight excluding hydrogens is 364 g/mol. The average molecular weight is 386 g/mol. The summed E-state index contributed by atoms with van der Waals surface area (Å²) >= 11 is 0. The van der Waals surface area contributed by atoms with Crippen LogP contribution in [0.1, 0.15) is 24.5 Å².